The zero-order chi connectivity index (χ0) is 21.5. The van der Waals surface area contributed by atoms with E-state index in [2.05, 4.69) is 24.2 Å². The molecule has 0 aromatic carbocycles. The van der Waals surface area contributed by atoms with Crippen molar-refractivity contribution in [1.29, 1.82) is 0 Å². The summed E-state index contributed by atoms with van der Waals surface area (Å²) >= 11 is 0. The van der Waals surface area contributed by atoms with Gasteiger partial charge in [0.05, 0.1) is 17.5 Å². The smallest absolute Gasteiger partial charge is 0.142 e. The molecule has 4 saturated carbocycles. The van der Waals surface area contributed by atoms with Gasteiger partial charge in [-0.25, -0.2) is 4.39 Å². The van der Waals surface area contributed by atoms with E-state index in [-0.39, 0.29) is 22.9 Å². The Morgan fingerprint density at radius 1 is 1.10 bits per heavy atom. The Bertz CT molecular complexity index is 701. The van der Waals surface area contributed by atoms with E-state index >= 15 is 4.39 Å². The zero-order valence-electron chi connectivity index (χ0n) is 18.6. The maximum Gasteiger partial charge on any atom is 0.142 e. The van der Waals surface area contributed by atoms with Gasteiger partial charge in [0.2, 0.25) is 0 Å². The van der Waals surface area contributed by atoms with E-state index in [0.717, 1.165) is 37.8 Å². The Hall–Kier alpha value is -1.21. The number of halogens is 1. The Kier molecular flexibility index (Phi) is 6.14. The molecule has 4 rings (SSSR count). The van der Waals surface area contributed by atoms with Crippen molar-refractivity contribution in [3.8, 4) is 0 Å². The molecule has 0 heterocycles. The number of nitrogens with zero attached hydrogens (tertiary/aromatic N) is 2. The molecular weight excluding hydrogens is 385 g/mol. The van der Waals surface area contributed by atoms with Crippen LogP contribution in [0.15, 0.2) is 10.3 Å². The summed E-state index contributed by atoms with van der Waals surface area (Å²) in [6.07, 6.45) is 5.28. The number of hydrogen-bond donors (Lipinski definition) is 2. The lowest BCUT2D eigenvalue weighted by molar-refractivity contribution is -0.0898. The van der Waals surface area contributed by atoms with Crippen molar-refractivity contribution in [2.24, 2.45) is 50.5 Å². The summed E-state index contributed by atoms with van der Waals surface area (Å²) < 4.78 is 15.3. The minimum Gasteiger partial charge on any atom is -0.399 e. The molecule has 4 aliphatic rings. The van der Waals surface area contributed by atoms with Gasteiger partial charge in [-0.15, -0.1) is 0 Å². The van der Waals surface area contributed by atoms with Crippen LogP contribution in [0.4, 0.5) is 4.39 Å². The lowest BCUT2D eigenvalue weighted by atomic mass is 9.44. The van der Waals surface area contributed by atoms with Crippen LogP contribution in [-0.4, -0.2) is 49.1 Å². The van der Waals surface area contributed by atoms with Crippen molar-refractivity contribution in [3.63, 3.8) is 0 Å². The maximum atomic E-state index is 15.3. The van der Waals surface area contributed by atoms with Gasteiger partial charge in [0.1, 0.15) is 19.9 Å². The van der Waals surface area contributed by atoms with Gasteiger partial charge in [-0.05, 0) is 80.1 Å². The van der Waals surface area contributed by atoms with Crippen LogP contribution >= 0.6 is 0 Å². The topological polar surface area (TPSA) is 89.4 Å². The molecule has 6 nitrogen and oxygen atoms in total. The Balaban J connectivity index is 1.62. The number of alkyl halides is 1. The fourth-order valence-corrected chi connectivity index (χ4v) is 7.46. The Labute approximate surface area is 179 Å². The second-order valence-corrected chi connectivity index (χ2v) is 10.5. The number of nitrogens with two attached hydrogens (primary N) is 1. The van der Waals surface area contributed by atoms with E-state index in [1.54, 1.807) is 7.11 Å². The number of hydrogen-bond acceptors (Lipinski definition) is 6. The molecule has 30 heavy (non-hydrogen) atoms. The Morgan fingerprint density at radius 3 is 2.60 bits per heavy atom. The highest BCUT2D eigenvalue weighted by Gasteiger charge is 2.62. The van der Waals surface area contributed by atoms with Crippen LogP contribution in [0.3, 0.4) is 0 Å². The van der Waals surface area contributed by atoms with E-state index in [9.17, 15) is 5.11 Å². The summed E-state index contributed by atoms with van der Waals surface area (Å²) in [6.45, 7) is 5.47. The number of rotatable bonds is 5. The average molecular weight is 424 g/mol. The molecule has 0 radical (unpaired) electrons. The molecule has 0 bridgehead atoms. The van der Waals surface area contributed by atoms with Gasteiger partial charge in [0, 0.05) is 12.3 Å². The fraction of sp³-hybridized carbons (Fsp3) is 0.913. The van der Waals surface area contributed by atoms with Crippen molar-refractivity contribution < 1.29 is 19.2 Å². The first kappa shape index (κ1) is 22.0. The molecular formula is C23H38FN3O3. The predicted octanol–water partition coefficient (Wildman–Crippen LogP) is 3.67. The predicted molar refractivity (Wildman–Crippen MR) is 115 cm³/mol. The number of fused-ring (bicyclic) bond motifs is 5. The second-order valence-electron chi connectivity index (χ2n) is 10.5. The van der Waals surface area contributed by atoms with Gasteiger partial charge in [0.25, 0.3) is 0 Å². The molecule has 170 valence electrons. The molecule has 7 heteroatoms. The van der Waals surface area contributed by atoms with E-state index in [4.69, 9.17) is 15.4 Å². The zero-order valence-corrected chi connectivity index (χ0v) is 18.6. The van der Waals surface area contributed by atoms with Crippen LogP contribution in [0.5, 0.6) is 0 Å². The van der Waals surface area contributed by atoms with Gasteiger partial charge in [-0.1, -0.05) is 24.2 Å². The second kappa shape index (κ2) is 8.38. The number of aliphatic hydroxyl groups is 1. The third-order valence-electron chi connectivity index (χ3n) is 9.10. The van der Waals surface area contributed by atoms with Crippen molar-refractivity contribution >= 4 is 11.4 Å². The first-order valence-corrected chi connectivity index (χ1v) is 11.7. The minimum absolute atomic E-state index is 0.0181. The summed E-state index contributed by atoms with van der Waals surface area (Å²) in [5, 5.41) is 19.3. The third kappa shape index (κ3) is 3.46. The summed E-state index contributed by atoms with van der Waals surface area (Å²) in [5.74, 6) is 1.47. The number of aliphatic hydroxyl groups excluding tert-OH is 1. The number of oxime groups is 2. The van der Waals surface area contributed by atoms with Crippen molar-refractivity contribution in [1.82, 2.24) is 0 Å². The standard InChI is InChI=1S/C23H38FN3O3/c1-22-8-7-16-14(15(22)5-6-21(22)28)11-19(26-29-3)17-12-20(27-30-10-4-9-25)18(24)13-23(16,17)2/h14-18,21,28H,4-13,25H2,1-3H3/b26-19+,27-20+/t14-,15-,16-,17?,18+,21-,22-,23+/m0/s1. The van der Waals surface area contributed by atoms with Gasteiger partial charge < -0.3 is 20.5 Å². The molecule has 1 unspecified atom stereocenters. The van der Waals surface area contributed by atoms with Crippen molar-refractivity contribution in [2.75, 3.05) is 20.3 Å². The summed E-state index contributed by atoms with van der Waals surface area (Å²) in [4.78, 5) is 10.6. The normalized spacial score (nSPS) is 48.2. The molecule has 0 aliphatic heterocycles. The Morgan fingerprint density at radius 2 is 1.87 bits per heavy atom. The molecule has 0 aromatic rings. The first-order valence-electron chi connectivity index (χ1n) is 11.7. The minimum atomic E-state index is -1.09. The third-order valence-corrected chi connectivity index (χ3v) is 9.10. The van der Waals surface area contributed by atoms with Crippen LogP contribution in [0, 0.1) is 34.5 Å². The molecule has 0 aromatic heterocycles. The average Bonchev–Trinajstić information content (AvgIpc) is 3.01. The summed E-state index contributed by atoms with van der Waals surface area (Å²) in [6, 6.07) is 0. The van der Waals surface area contributed by atoms with Crippen molar-refractivity contribution in [3.05, 3.63) is 0 Å². The van der Waals surface area contributed by atoms with Crippen LogP contribution < -0.4 is 5.73 Å². The maximum absolute atomic E-state index is 15.3. The van der Waals surface area contributed by atoms with Gasteiger partial charge in [-0.3, -0.25) is 0 Å². The molecule has 8 atom stereocenters. The monoisotopic (exact) mass is 423 g/mol. The van der Waals surface area contributed by atoms with E-state index in [1.807, 2.05) is 0 Å². The summed E-state index contributed by atoms with van der Waals surface area (Å²) in [7, 11) is 1.59. The van der Waals surface area contributed by atoms with Gasteiger partial charge in [0.15, 0.2) is 0 Å². The fourth-order valence-electron chi connectivity index (χ4n) is 7.46. The van der Waals surface area contributed by atoms with Crippen LogP contribution in [-0.2, 0) is 9.68 Å². The lowest BCUT2D eigenvalue weighted by Crippen LogP contribution is -2.58. The van der Waals surface area contributed by atoms with E-state index < -0.39 is 6.17 Å². The largest absolute Gasteiger partial charge is 0.399 e. The quantitative estimate of drug-likeness (QED) is 0.521. The molecule has 0 saturated heterocycles. The highest BCUT2D eigenvalue weighted by molar-refractivity contribution is 5.97. The molecule has 0 amide bonds. The molecule has 4 fully saturated rings. The molecule has 0 spiro atoms. The van der Waals surface area contributed by atoms with Gasteiger partial charge in [-0.2, -0.15) is 0 Å². The first-order chi connectivity index (χ1) is 14.3. The highest BCUT2D eigenvalue weighted by Crippen LogP contribution is 2.65. The van der Waals surface area contributed by atoms with Crippen LogP contribution in [0.1, 0.15) is 65.2 Å². The van der Waals surface area contributed by atoms with Crippen LogP contribution in [0.25, 0.3) is 0 Å². The summed E-state index contributed by atoms with van der Waals surface area (Å²) in [5.41, 5.74) is 6.84. The van der Waals surface area contributed by atoms with E-state index in [1.165, 1.54) is 0 Å². The highest BCUT2D eigenvalue weighted by atomic mass is 19.1. The lowest BCUT2D eigenvalue weighted by Gasteiger charge is -2.60. The molecule has 4 aliphatic carbocycles. The SMILES string of the molecule is CO/N=C1\C[C@H]2[C@@H]3CC[C@H](O)[C@@]3(C)CC[C@@H]2[C@@]2(C)C[C@@H](F)/C(=N/OCCCN)CC12. The van der Waals surface area contributed by atoms with Crippen molar-refractivity contribution in [2.45, 2.75) is 77.5 Å². The van der Waals surface area contributed by atoms with Crippen LogP contribution in [0.2, 0.25) is 0 Å². The molecule has 3 N–H and O–H groups in total. The van der Waals surface area contributed by atoms with Gasteiger partial charge >= 0.3 is 0 Å². The van der Waals surface area contributed by atoms with E-state index in [0.29, 0.717) is 55.9 Å².